The third-order valence-corrected chi connectivity index (χ3v) is 2.35. The van der Waals surface area contributed by atoms with E-state index in [1.54, 1.807) is 6.08 Å². The zero-order chi connectivity index (χ0) is 10.7. The average Bonchev–Trinajstić information content (AvgIpc) is 2.63. The van der Waals surface area contributed by atoms with Crippen molar-refractivity contribution >= 4 is 11.5 Å². The van der Waals surface area contributed by atoms with Gasteiger partial charge in [0, 0.05) is 5.57 Å². The van der Waals surface area contributed by atoms with E-state index in [4.69, 9.17) is 4.74 Å². The number of esters is 1. The summed E-state index contributed by atoms with van der Waals surface area (Å²) in [4.78, 5) is 11.4. The normalized spacial score (nSPS) is 16.2. The highest BCUT2D eigenvalue weighted by Crippen LogP contribution is 2.26. The highest BCUT2D eigenvalue weighted by atomic mass is 16.5. The molecule has 0 aromatic heterocycles. The first-order valence-electron chi connectivity index (χ1n) is 4.91. The molecule has 0 fully saturated rings. The fourth-order valence-electron chi connectivity index (χ4n) is 1.63. The molecule has 76 valence electrons. The van der Waals surface area contributed by atoms with Gasteiger partial charge in [-0.3, -0.25) is 0 Å². The Morgan fingerprint density at radius 1 is 1.27 bits per heavy atom. The van der Waals surface area contributed by atoms with Gasteiger partial charge in [-0.2, -0.15) is 0 Å². The van der Waals surface area contributed by atoms with E-state index < -0.39 is 0 Å². The number of allylic oxidation sites excluding steroid dienone is 1. The molecule has 0 unspecified atom stereocenters. The summed E-state index contributed by atoms with van der Waals surface area (Å²) < 4.78 is 5.02. The zero-order valence-electron chi connectivity index (χ0n) is 8.57. The lowest BCUT2D eigenvalue weighted by molar-refractivity contribution is -0.135. The summed E-state index contributed by atoms with van der Waals surface area (Å²) >= 11 is 0. The molecule has 0 radical (unpaired) electrons. The maximum Gasteiger partial charge on any atom is 0.338 e. The molecule has 0 saturated carbocycles. The quantitative estimate of drug-likeness (QED) is 0.686. The molecular formula is C13H12O2. The number of rotatable bonds is 2. The van der Waals surface area contributed by atoms with E-state index in [0.717, 1.165) is 11.1 Å². The standard InChI is InChI=1S/C13H12O2/c1-2-6-11-12(9-15-13(11)14)10-7-4-3-5-8-10/h2-8H,9H2,1H3/b6-2+. The summed E-state index contributed by atoms with van der Waals surface area (Å²) in [6.45, 7) is 2.27. The van der Waals surface area contributed by atoms with Gasteiger partial charge in [0.2, 0.25) is 0 Å². The van der Waals surface area contributed by atoms with Crippen LogP contribution in [0.15, 0.2) is 48.1 Å². The number of ether oxygens (including phenoxy) is 1. The lowest BCUT2D eigenvalue weighted by Gasteiger charge is -2.00. The first kappa shape index (κ1) is 9.71. The van der Waals surface area contributed by atoms with Crippen LogP contribution in [0.3, 0.4) is 0 Å². The molecule has 0 aliphatic carbocycles. The molecule has 0 N–H and O–H groups in total. The summed E-state index contributed by atoms with van der Waals surface area (Å²) in [6, 6.07) is 9.84. The van der Waals surface area contributed by atoms with Gasteiger partial charge in [0.15, 0.2) is 0 Å². The Morgan fingerprint density at radius 2 is 2.00 bits per heavy atom. The fourth-order valence-corrected chi connectivity index (χ4v) is 1.63. The van der Waals surface area contributed by atoms with Crippen molar-refractivity contribution in [2.75, 3.05) is 6.61 Å². The van der Waals surface area contributed by atoms with Crippen LogP contribution >= 0.6 is 0 Å². The van der Waals surface area contributed by atoms with Gasteiger partial charge in [0.25, 0.3) is 0 Å². The van der Waals surface area contributed by atoms with Crippen LogP contribution in [0.5, 0.6) is 0 Å². The second-order valence-corrected chi connectivity index (χ2v) is 3.33. The zero-order valence-corrected chi connectivity index (χ0v) is 8.57. The SMILES string of the molecule is C/C=C/C1=C(c2ccccc2)COC1=O. The molecule has 15 heavy (non-hydrogen) atoms. The molecule has 2 rings (SSSR count). The van der Waals surface area contributed by atoms with Gasteiger partial charge in [0.05, 0.1) is 5.57 Å². The topological polar surface area (TPSA) is 26.3 Å². The summed E-state index contributed by atoms with van der Waals surface area (Å²) in [5.41, 5.74) is 2.69. The number of cyclic esters (lactones) is 1. The lowest BCUT2D eigenvalue weighted by atomic mass is 10.0. The minimum atomic E-state index is -0.230. The van der Waals surface area contributed by atoms with Gasteiger partial charge in [0.1, 0.15) is 6.61 Å². The van der Waals surface area contributed by atoms with Crippen LogP contribution in [0.4, 0.5) is 0 Å². The average molecular weight is 200 g/mol. The number of carbonyl (C=O) groups is 1. The van der Waals surface area contributed by atoms with Gasteiger partial charge in [-0.05, 0) is 12.5 Å². The van der Waals surface area contributed by atoms with Crippen LogP contribution in [0.2, 0.25) is 0 Å². The highest BCUT2D eigenvalue weighted by molar-refractivity contribution is 6.04. The van der Waals surface area contributed by atoms with Crippen LogP contribution in [-0.2, 0) is 9.53 Å². The molecule has 0 amide bonds. The molecular weight excluding hydrogens is 188 g/mol. The molecule has 1 aliphatic heterocycles. The molecule has 2 nitrogen and oxygen atoms in total. The van der Waals surface area contributed by atoms with Crippen molar-refractivity contribution in [3.8, 4) is 0 Å². The highest BCUT2D eigenvalue weighted by Gasteiger charge is 2.23. The lowest BCUT2D eigenvalue weighted by Crippen LogP contribution is -1.96. The summed E-state index contributed by atoms with van der Waals surface area (Å²) in [6.07, 6.45) is 3.66. The molecule has 2 heteroatoms. The fraction of sp³-hybridized carbons (Fsp3) is 0.154. The second-order valence-electron chi connectivity index (χ2n) is 3.33. The third-order valence-electron chi connectivity index (χ3n) is 2.35. The van der Waals surface area contributed by atoms with Gasteiger partial charge in [-0.25, -0.2) is 4.79 Å². The Labute approximate surface area is 88.9 Å². The minimum absolute atomic E-state index is 0.230. The van der Waals surface area contributed by atoms with E-state index in [0.29, 0.717) is 12.2 Å². The van der Waals surface area contributed by atoms with Crippen LogP contribution < -0.4 is 0 Å². The van der Waals surface area contributed by atoms with Gasteiger partial charge >= 0.3 is 5.97 Å². The predicted molar refractivity (Wildman–Crippen MR) is 59.1 cm³/mol. The van der Waals surface area contributed by atoms with E-state index in [-0.39, 0.29) is 5.97 Å². The first-order valence-corrected chi connectivity index (χ1v) is 4.91. The van der Waals surface area contributed by atoms with Gasteiger partial charge in [-0.1, -0.05) is 42.5 Å². The van der Waals surface area contributed by atoms with Crippen LogP contribution in [0.25, 0.3) is 5.57 Å². The molecule has 1 heterocycles. The molecule has 1 aromatic rings. The monoisotopic (exact) mass is 200 g/mol. The maximum absolute atomic E-state index is 11.4. The molecule has 0 bridgehead atoms. The van der Waals surface area contributed by atoms with Crippen molar-refractivity contribution in [2.24, 2.45) is 0 Å². The maximum atomic E-state index is 11.4. The largest absolute Gasteiger partial charge is 0.457 e. The molecule has 1 aromatic carbocycles. The Bertz CT molecular complexity index is 427. The van der Waals surface area contributed by atoms with Crippen molar-refractivity contribution in [2.45, 2.75) is 6.92 Å². The molecule has 0 atom stereocenters. The van der Waals surface area contributed by atoms with E-state index in [1.165, 1.54) is 0 Å². The van der Waals surface area contributed by atoms with E-state index in [1.807, 2.05) is 43.3 Å². The van der Waals surface area contributed by atoms with Crippen molar-refractivity contribution in [1.82, 2.24) is 0 Å². The number of hydrogen-bond acceptors (Lipinski definition) is 2. The molecule has 0 saturated heterocycles. The predicted octanol–water partition coefficient (Wildman–Crippen LogP) is 2.57. The summed E-state index contributed by atoms with van der Waals surface area (Å²) in [5, 5.41) is 0. The molecule has 1 aliphatic rings. The Morgan fingerprint density at radius 3 is 2.67 bits per heavy atom. The summed E-state index contributed by atoms with van der Waals surface area (Å²) in [7, 11) is 0. The molecule has 0 spiro atoms. The summed E-state index contributed by atoms with van der Waals surface area (Å²) in [5.74, 6) is -0.230. The Kier molecular flexibility index (Phi) is 2.68. The van der Waals surface area contributed by atoms with Crippen LogP contribution in [-0.4, -0.2) is 12.6 Å². The van der Waals surface area contributed by atoms with E-state index in [2.05, 4.69) is 0 Å². The smallest absolute Gasteiger partial charge is 0.338 e. The Balaban J connectivity index is 2.47. The van der Waals surface area contributed by atoms with E-state index in [9.17, 15) is 4.79 Å². The number of hydrogen-bond donors (Lipinski definition) is 0. The minimum Gasteiger partial charge on any atom is -0.457 e. The first-order chi connectivity index (χ1) is 7.33. The third kappa shape index (κ3) is 1.84. The Hall–Kier alpha value is -1.83. The second kappa shape index (κ2) is 4.13. The van der Waals surface area contributed by atoms with Crippen molar-refractivity contribution in [3.63, 3.8) is 0 Å². The van der Waals surface area contributed by atoms with E-state index >= 15 is 0 Å². The van der Waals surface area contributed by atoms with Crippen molar-refractivity contribution in [1.29, 1.82) is 0 Å². The van der Waals surface area contributed by atoms with Crippen molar-refractivity contribution in [3.05, 3.63) is 53.6 Å². The van der Waals surface area contributed by atoms with Gasteiger partial charge in [-0.15, -0.1) is 0 Å². The number of carbonyl (C=O) groups excluding carboxylic acids is 1. The number of benzene rings is 1. The van der Waals surface area contributed by atoms with Gasteiger partial charge < -0.3 is 4.74 Å². The van der Waals surface area contributed by atoms with Crippen molar-refractivity contribution < 1.29 is 9.53 Å². The van der Waals surface area contributed by atoms with Crippen LogP contribution in [0, 0.1) is 0 Å². The van der Waals surface area contributed by atoms with Crippen LogP contribution in [0.1, 0.15) is 12.5 Å².